The molecule has 5 heteroatoms. The van der Waals surface area contributed by atoms with Crippen LogP contribution < -0.4 is 14.8 Å². The Hall–Kier alpha value is -2.14. The largest absolute Gasteiger partial charge is 0.493 e. The summed E-state index contributed by atoms with van der Waals surface area (Å²) in [5.74, 6) is 2.04. The van der Waals surface area contributed by atoms with Crippen LogP contribution in [0, 0.1) is 0 Å². The first-order valence-corrected chi connectivity index (χ1v) is 8.48. The lowest BCUT2D eigenvalue weighted by molar-refractivity contribution is -0.123. The quantitative estimate of drug-likeness (QED) is 0.565. The molecular weight excluding hydrogens is 310 g/mol. The molecule has 23 heavy (non-hydrogen) atoms. The first-order chi connectivity index (χ1) is 11.3. The minimum atomic E-state index is -0.124. The highest BCUT2D eigenvalue weighted by molar-refractivity contribution is 7.99. The van der Waals surface area contributed by atoms with Gasteiger partial charge in [0.05, 0.1) is 7.11 Å². The maximum absolute atomic E-state index is 11.8. The molecule has 2 aromatic rings. The average Bonchev–Trinajstić information content (AvgIpc) is 2.60. The summed E-state index contributed by atoms with van der Waals surface area (Å²) in [5.41, 5.74) is 0. The molecule has 122 valence electrons. The van der Waals surface area contributed by atoms with Crippen molar-refractivity contribution in [1.29, 1.82) is 0 Å². The number of benzene rings is 2. The topological polar surface area (TPSA) is 47.6 Å². The maximum atomic E-state index is 11.8. The molecule has 0 aromatic heterocycles. The molecule has 0 bridgehead atoms. The highest BCUT2D eigenvalue weighted by atomic mass is 32.2. The summed E-state index contributed by atoms with van der Waals surface area (Å²) in [6.07, 6.45) is 0.917. The van der Waals surface area contributed by atoms with Gasteiger partial charge in [-0.3, -0.25) is 4.79 Å². The van der Waals surface area contributed by atoms with E-state index < -0.39 is 0 Å². The Morgan fingerprint density at radius 2 is 1.74 bits per heavy atom. The van der Waals surface area contributed by atoms with Crippen LogP contribution in [0.2, 0.25) is 0 Å². The van der Waals surface area contributed by atoms with Gasteiger partial charge in [0, 0.05) is 11.4 Å². The van der Waals surface area contributed by atoms with E-state index in [-0.39, 0.29) is 12.5 Å². The predicted octanol–water partition coefficient (Wildman–Crippen LogP) is 3.37. The van der Waals surface area contributed by atoms with E-state index >= 15 is 0 Å². The van der Waals surface area contributed by atoms with Gasteiger partial charge in [0.2, 0.25) is 0 Å². The van der Waals surface area contributed by atoms with Crippen molar-refractivity contribution in [2.45, 2.75) is 11.3 Å². The molecule has 0 saturated heterocycles. The number of nitrogens with one attached hydrogen (secondary N) is 1. The first-order valence-electron chi connectivity index (χ1n) is 7.50. The second-order valence-electron chi connectivity index (χ2n) is 4.80. The Morgan fingerprint density at radius 1 is 1.04 bits per heavy atom. The van der Waals surface area contributed by atoms with E-state index in [9.17, 15) is 4.79 Å². The molecule has 2 rings (SSSR count). The average molecular weight is 331 g/mol. The van der Waals surface area contributed by atoms with Crippen LogP contribution in [-0.2, 0) is 4.79 Å². The van der Waals surface area contributed by atoms with Gasteiger partial charge in [-0.05, 0) is 36.4 Å². The van der Waals surface area contributed by atoms with Crippen molar-refractivity contribution in [3.63, 3.8) is 0 Å². The second-order valence-corrected chi connectivity index (χ2v) is 5.97. The van der Waals surface area contributed by atoms with Gasteiger partial charge >= 0.3 is 0 Å². The Bertz CT molecular complexity index is 604. The molecule has 0 heterocycles. The van der Waals surface area contributed by atoms with Crippen molar-refractivity contribution < 1.29 is 14.3 Å². The van der Waals surface area contributed by atoms with Crippen LogP contribution in [0.1, 0.15) is 6.42 Å². The Morgan fingerprint density at radius 3 is 2.48 bits per heavy atom. The van der Waals surface area contributed by atoms with E-state index in [4.69, 9.17) is 9.47 Å². The van der Waals surface area contributed by atoms with E-state index in [1.807, 2.05) is 30.3 Å². The van der Waals surface area contributed by atoms with Crippen LogP contribution in [0.3, 0.4) is 0 Å². The number of methoxy groups -OCH3 is 1. The molecule has 0 atom stereocenters. The molecule has 0 aliphatic carbocycles. The number of amides is 1. The van der Waals surface area contributed by atoms with Gasteiger partial charge in [-0.15, -0.1) is 11.8 Å². The van der Waals surface area contributed by atoms with Crippen molar-refractivity contribution in [3.8, 4) is 11.5 Å². The number of rotatable bonds is 9. The fraction of sp³-hybridized carbons (Fsp3) is 0.278. The number of hydrogen-bond donors (Lipinski definition) is 1. The normalized spacial score (nSPS) is 10.1. The fourth-order valence-corrected chi connectivity index (χ4v) is 2.81. The lowest BCUT2D eigenvalue weighted by Gasteiger charge is -2.10. The van der Waals surface area contributed by atoms with Crippen molar-refractivity contribution in [3.05, 3.63) is 54.6 Å². The molecule has 0 aliphatic rings. The Kier molecular flexibility index (Phi) is 7.33. The Balaban J connectivity index is 1.60. The molecule has 1 N–H and O–H groups in total. The summed E-state index contributed by atoms with van der Waals surface area (Å²) < 4.78 is 10.6. The van der Waals surface area contributed by atoms with E-state index in [1.165, 1.54) is 4.90 Å². The van der Waals surface area contributed by atoms with E-state index in [2.05, 4.69) is 17.4 Å². The summed E-state index contributed by atoms with van der Waals surface area (Å²) in [6.45, 7) is 0.639. The zero-order valence-electron chi connectivity index (χ0n) is 13.2. The molecule has 0 aliphatic heterocycles. The van der Waals surface area contributed by atoms with Gasteiger partial charge < -0.3 is 14.8 Å². The number of thioether (sulfide) groups is 1. The van der Waals surface area contributed by atoms with Gasteiger partial charge in [-0.1, -0.05) is 30.3 Å². The Labute approximate surface area is 141 Å². The molecule has 0 fully saturated rings. The van der Waals surface area contributed by atoms with Crippen LogP contribution in [0.15, 0.2) is 59.5 Å². The van der Waals surface area contributed by atoms with Gasteiger partial charge in [0.25, 0.3) is 5.91 Å². The van der Waals surface area contributed by atoms with E-state index in [0.29, 0.717) is 18.0 Å². The highest BCUT2D eigenvalue weighted by Gasteiger charge is 2.06. The summed E-state index contributed by atoms with van der Waals surface area (Å²) in [4.78, 5) is 13.0. The third-order valence-electron chi connectivity index (χ3n) is 3.08. The van der Waals surface area contributed by atoms with E-state index in [1.54, 1.807) is 31.0 Å². The smallest absolute Gasteiger partial charge is 0.257 e. The second kappa shape index (κ2) is 9.79. The minimum Gasteiger partial charge on any atom is -0.493 e. The lowest BCUT2D eigenvalue weighted by atomic mass is 10.3. The van der Waals surface area contributed by atoms with Crippen molar-refractivity contribution >= 4 is 17.7 Å². The van der Waals surface area contributed by atoms with E-state index in [0.717, 1.165) is 12.2 Å². The number of ether oxygens (including phenoxy) is 2. The van der Waals surface area contributed by atoms with Gasteiger partial charge in [0.15, 0.2) is 18.1 Å². The molecule has 1 amide bonds. The van der Waals surface area contributed by atoms with Crippen molar-refractivity contribution in [2.24, 2.45) is 0 Å². The van der Waals surface area contributed by atoms with Crippen molar-refractivity contribution in [2.75, 3.05) is 26.0 Å². The number of carbonyl (C=O) groups excluding carboxylic acids is 1. The molecule has 2 aromatic carbocycles. The van der Waals surface area contributed by atoms with Crippen LogP contribution >= 0.6 is 11.8 Å². The van der Waals surface area contributed by atoms with Crippen LogP contribution in [0.4, 0.5) is 0 Å². The lowest BCUT2D eigenvalue weighted by Crippen LogP contribution is -2.30. The number of hydrogen-bond acceptors (Lipinski definition) is 4. The number of carbonyl (C=O) groups is 1. The molecule has 4 nitrogen and oxygen atoms in total. The summed E-state index contributed by atoms with van der Waals surface area (Å²) in [5, 5.41) is 2.86. The zero-order chi connectivity index (χ0) is 16.3. The zero-order valence-corrected chi connectivity index (χ0v) is 14.0. The molecular formula is C18H21NO3S. The third kappa shape index (κ3) is 6.24. The van der Waals surface area contributed by atoms with Crippen molar-refractivity contribution in [1.82, 2.24) is 5.32 Å². The highest BCUT2D eigenvalue weighted by Crippen LogP contribution is 2.25. The predicted molar refractivity (Wildman–Crippen MR) is 93.3 cm³/mol. The molecule has 0 unspecified atom stereocenters. The molecule has 0 saturated carbocycles. The standard InChI is InChI=1S/C18H21NO3S/c1-21-16-10-5-6-11-17(16)22-14-18(20)19-12-7-13-23-15-8-3-2-4-9-15/h2-6,8-11H,7,12-14H2,1H3,(H,19,20). The minimum absolute atomic E-state index is 0.00774. The monoisotopic (exact) mass is 331 g/mol. The molecule has 0 spiro atoms. The summed E-state index contributed by atoms with van der Waals surface area (Å²) in [7, 11) is 1.58. The third-order valence-corrected chi connectivity index (χ3v) is 4.18. The fourth-order valence-electron chi connectivity index (χ4n) is 1.94. The first kappa shape index (κ1) is 17.2. The van der Waals surface area contributed by atoms with Crippen LogP contribution in [0.5, 0.6) is 11.5 Å². The van der Waals surface area contributed by atoms with Crippen LogP contribution in [0.25, 0.3) is 0 Å². The SMILES string of the molecule is COc1ccccc1OCC(=O)NCCCSc1ccccc1. The number of para-hydroxylation sites is 2. The summed E-state index contributed by atoms with van der Waals surface area (Å²) in [6, 6.07) is 17.5. The summed E-state index contributed by atoms with van der Waals surface area (Å²) >= 11 is 1.79. The van der Waals surface area contributed by atoms with Gasteiger partial charge in [-0.25, -0.2) is 0 Å². The molecule has 0 radical (unpaired) electrons. The van der Waals surface area contributed by atoms with Gasteiger partial charge in [0.1, 0.15) is 0 Å². The van der Waals surface area contributed by atoms with Crippen LogP contribution in [-0.4, -0.2) is 31.9 Å². The maximum Gasteiger partial charge on any atom is 0.257 e. The van der Waals surface area contributed by atoms with Gasteiger partial charge in [-0.2, -0.15) is 0 Å².